The molecule has 2 aliphatic heterocycles. The van der Waals surface area contributed by atoms with Crippen LogP contribution in [-0.2, 0) is 4.74 Å². The highest BCUT2D eigenvalue weighted by Gasteiger charge is 2.16. The van der Waals surface area contributed by atoms with Gasteiger partial charge in [-0.2, -0.15) is 0 Å². The van der Waals surface area contributed by atoms with Gasteiger partial charge in [0.05, 0.1) is 0 Å². The Balaban J connectivity index is 1.92. The van der Waals surface area contributed by atoms with Crippen molar-refractivity contribution in [2.45, 2.75) is 12.8 Å². The lowest BCUT2D eigenvalue weighted by Crippen LogP contribution is -2.28. The SMILES string of the molecule is NNCCC1=CNC2=C(C1)OC=CN2. The van der Waals surface area contributed by atoms with E-state index in [4.69, 9.17) is 10.6 Å². The molecule has 0 atom stereocenters. The fourth-order valence-corrected chi connectivity index (χ4v) is 1.45. The first-order chi connectivity index (χ1) is 6.90. The Bertz CT molecular complexity index is 306. The van der Waals surface area contributed by atoms with Gasteiger partial charge in [0.1, 0.15) is 17.8 Å². The Hall–Kier alpha value is -1.46. The van der Waals surface area contributed by atoms with Gasteiger partial charge in [0.15, 0.2) is 0 Å². The van der Waals surface area contributed by atoms with Gasteiger partial charge in [-0.15, -0.1) is 0 Å². The number of dihydropyridines is 1. The largest absolute Gasteiger partial charge is 0.464 e. The Morgan fingerprint density at radius 1 is 1.50 bits per heavy atom. The molecule has 0 saturated heterocycles. The molecule has 5 N–H and O–H groups in total. The van der Waals surface area contributed by atoms with Crippen LogP contribution in [0.25, 0.3) is 0 Å². The summed E-state index contributed by atoms with van der Waals surface area (Å²) < 4.78 is 5.37. The number of allylic oxidation sites excluding steroid dienone is 1. The van der Waals surface area contributed by atoms with Gasteiger partial charge in [-0.05, 0) is 12.0 Å². The van der Waals surface area contributed by atoms with Crippen molar-refractivity contribution in [2.75, 3.05) is 6.54 Å². The van der Waals surface area contributed by atoms with Crippen LogP contribution < -0.4 is 21.9 Å². The summed E-state index contributed by atoms with van der Waals surface area (Å²) in [5, 5.41) is 6.22. The fraction of sp³-hybridized carbons (Fsp3) is 0.333. The van der Waals surface area contributed by atoms with E-state index in [1.54, 1.807) is 12.5 Å². The molecule has 0 fully saturated rings. The highest BCUT2D eigenvalue weighted by molar-refractivity contribution is 5.25. The molecular weight excluding hydrogens is 180 g/mol. The van der Waals surface area contributed by atoms with E-state index in [-0.39, 0.29) is 0 Å². The molecule has 76 valence electrons. The molecular formula is C9H14N4O. The third-order valence-electron chi connectivity index (χ3n) is 2.18. The van der Waals surface area contributed by atoms with Crippen LogP contribution in [0.1, 0.15) is 12.8 Å². The zero-order chi connectivity index (χ0) is 9.80. The molecule has 0 aromatic heterocycles. The number of nitrogens with one attached hydrogen (secondary N) is 3. The summed E-state index contributed by atoms with van der Waals surface area (Å²) in [7, 11) is 0. The molecule has 0 unspecified atom stereocenters. The summed E-state index contributed by atoms with van der Waals surface area (Å²) in [6, 6.07) is 0. The van der Waals surface area contributed by atoms with Crippen molar-refractivity contribution in [2.24, 2.45) is 5.84 Å². The van der Waals surface area contributed by atoms with Crippen molar-refractivity contribution in [3.8, 4) is 0 Å². The first kappa shape index (κ1) is 9.11. The predicted octanol–water partition coefficient (Wildman–Crippen LogP) is -0.0229. The first-order valence-corrected chi connectivity index (χ1v) is 4.59. The molecule has 0 bridgehead atoms. The van der Waals surface area contributed by atoms with Crippen LogP contribution in [0.4, 0.5) is 0 Å². The predicted molar refractivity (Wildman–Crippen MR) is 53.0 cm³/mol. The summed E-state index contributed by atoms with van der Waals surface area (Å²) >= 11 is 0. The van der Waals surface area contributed by atoms with Crippen LogP contribution in [0.3, 0.4) is 0 Å². The van der Waals surface area contributed by atoms with Crippen molar-refractivity contribution in [3.05, 3.63) is 35.8 Å². The third-order valence-corrected chi connectivity index (χ3v) is 2.18. The van der Waals surface area contributed by atoms with E-state index in [0.717, 1.165) is 31.0 Å². The summed E-state index contributed by atoms with van der Waals surface area (Å²) in [6.45, 7) is 0.777. The van der Waals surface area contributed by atoms with Gasteiger partial charge in [0.25, 0.3) is 0 Å². The summed E-state index contributed by atoms with van der Waals surface area (Å²) in [4.78, 5) is 0. The van der Waals surface area contributed by atoms with Gasteiger partial charge in [-0.25, -0.2) is 0 Å². The standard InChI is InChI=1S/C9H14N4O/c10-13-2-1-7-5-8-9(12-6-7)11-3-4-14-8/h3-4,6,11-13H,1-2,5,10H2. The molecule has 2 rings (SSSR count). The smallest absolute Gasteiger partial charge is 0.148 e. The average molecular weight is 194 g/mol. The number of hydrazine groups is 1. The lowest BCUT2D eigenvalue weighted by molar-refractivity contribution is 0.311. The molecule has 0 amide bonds. The lowest BCUT2D eigenvalue weighted by Gasteiger charge is -2.23. The van der Waals surface area contributed by atoms with Gasteiger partial charge < -0.3 is 15.4 Å². The molecule has 0 spiro atoms. The summed E-state index contributed by atoms with van der Waals surface area (Å²) in [6.07, 6.45) is 7.15. The molecule has 14 heavy (non-hydrogen) atoms. The van der Waals surface area contributed by atoms with E-state index in [2.05, 4.69) is 16.1 Å². The Morgan fingerprint density at radius 2 is 2.43 bits per heavy atom. The number of rotatable bonds is 3. The van der Waals surface area contributed by atoms with Crippen LogP contribution in [-0.4, -0.2) is 6.54 Å². The molecule has 0 radical (unpaired) electrons. The fourth-order valence-electron chi connectivity index (χ4n) is 1.45. The van der Waals surface area contributed by atoms with Gasteiger partial charge in [-0.1, -0.05) is 0 Å². The second-order valence-electron chi connectivity index (χ2n) is 3.19. The van der Waals surface area contributed by atoms with Crippen molar-refractivity contribution in [1.29, 1.82) is 0 Å². The maximum atomic E-state index is 5.37. The number of ether oxygens (including phenoxy) is 1. The zero-order valence-electron chi connectivity index (χ0n) is 7.84. The normalized spacial score (nSPS) is 19.1. The van der Waals surface area contributed by atoms with Gasteiger partial charge in [0, 0.05) is 25.4 Å². The van der Waals surface area contributed by atoms with E-state index in [1.165, 1.54) is 5.57 Å². The van der Waals surface area contributed by atoms with E-state index in [0.29, 0.717) is 0 Å². The Morgan fingerprint density at radius 3 is 3.29 bits per heavy atom. The molecule has 0 saturated carbocycles. The van der Waals surface area contributed by atoms with Crippen molar-refractivity contribution in [3.63, 3.8) is 0 Å². The van der Waals surface area contributed by atoms with Gasteiger partial charge in [-0.3, -0.25) is 11.3 Å². The number of hydrogen-bond acceptors (Lipinski definition) is 5. The van der Waals surface area contributed by atoms with Gasteiger partial charge >= 0.3 is 0 Å². The zero-order valence-corrected chi connectivity index (χ0v) is 7.84. The van der Waals surface area contributed by atoms with Crippen LogP contribution in [0.5, 0.6) is 0 Å². The molecule has 0 aromatic rings. The van der Waals surface area contributed by atoms with E-state index < -0.39 is 0 Å². The van der Waals surface area contributed by atoms with Crippen molar-refractivity contribution in [1.82, 2.24) is 16.1 Å². The average Bonchev–Trinajstić information content (AvgIpc) is 2.26. The highest BCUT2D eigenvalue weighted by Crippen LogP contribution is 2.22. The molecule has 0 aromatic carbocycles. The maximum Gasteiger partial charge on any atom is 0.148 e. The number of nitrogens with two attached hydrogens (primary N) is 1. The highest BCUT2D eigenvalue weighted by atomic mass is 16.5. The monoisotopic (exact) mass is 194 g/mol. The summed E-state index contributed by atoms with van der Waals surface area (Å²) in [5.74, 6) is 7.07. The van der Waals surface area contributed by atoms with E-state index in [1.807, 2.05) is 6.20 Å². The van der Waals surface area contributed by atoms with Crippen LogP contribution >= 0.6 is 0 Å². The minimum Gasteiger partial charge on any atom is -0.464 e. The van der Waals surface area contributed by atoms with Crippen molar-refractivity contribution < 1.29 is 4.74 Å². The first-order valence-electron chi connectivity index (χ1n) is 4.59. The number of hydrogen-bond donors (Lipinski definition) is 4. The van der Waals surface area contributed by atoms with E-state index in [9.17, 15) is 0 Å². The molecule has 2 aliphatic rings. The quantitative estimate of drug-likeness (QED) is 0.375. The lowest BCUT2D eigenvalue weighted by atomic mass is 10.1. The van der Waals surface area contributed by atoms with Crippen LogP contribution in [0.2, 0.25) is 0 Å². The summed E-state index contributed by atoms with van der Waals surface area (Å²) in [5.41, 5.74) is 3.91. The van der Waals surface area contributed by atoms with Crippen LogP contribution in [0, 0.1) is 0 Å². The Kier molecular flexibility index (Phi) is 2.71. The molecule has 5 heteroatoms. The second kappa shape index (κ2) is 4.17. The van der Waals surface area contributed by atoms with Crippen LogP contribution in [0.15, 0.2) is 35.8 Å². The maximum absolute atomic E-state index is 5.37. The minimum atomic E-state index is 0.777. The van der Waals surface area contributed by atoms with Gasteiger partial charge in [0.2, 0.25) is 0 Å². The molecule has 5 nitrogen and oxygen atoms in total. The molecule has 2 heterocycles. The van der Waals surface area contributed by atoms with E-state index >= 15 is 0 Å². The van der Waals surface area contributed by atoms with Crippen molar-refractivity contribution >= 4 is 0 Å². The molecule has 0 aliphatic carbocycles. The Labute approximate surface area is 82.7 Å². The topological polar surface area (TPSA) is 71.3 Å². The second-order valence-corrected chi connectivity index (χ2v) is 3.19. The minimum absolute atomic E-state index is 0.777. The third kappa shape index (κ3) is 1.89.